The summed E-state index contributed by atoms with van der Waals surface area (Å²) in [5, 5.41) is 47.6. The molecule has 0 bridgehead atoms. The number of nitrogens with zero attached hydrogens (tertiary/aromatic N) is 2. The summed E-state index contributed by atoms with van der Waals surface area (Å²) in [5.74, 6) is -11.1. The number of primary amides is 2. The molecule has 0 radical (unpaired) electrons. The number of aliphatic hydroxyl groups excluding tert-OH is 2. The molecule has 1 aliphatic rings. The minimum absolute atomic E-state index is 0.0126. The van der Waals surface area contributed by atoms with E-state index in [1.54, 1.807) is 74.5 Å². The second-order valence-corrected chi connectivity index (χ2v) is 19.4. The maximum absolute atomic E-state index is 14.4. The van der Waals surface area contributed by atoms with Gasteiger partial charge in [0.15, 0.2) is 12.0 Å². The van der Waals surface area contributed by atoms with E-state index < -0.39 is 138 Å². The average Bonchev–Trinajstić information content (AvgIpc) is 3.95. The van der Waals surface area contributed by atoms with Gasteiger partial charge in [-0.25, -0.2) is 4.79 Å². The van der Waals surface area contributed by atoms with E-state index in [-0.39, 0.29) is 76.8 Å². The van der Waals surface area contributed by atoms with E-state index in [2.05, 4.69) is 42.2 Å². The summed E-state index contributed by atoms with van der Waals surface area (Å²) in [7, 11) is 0. The molecule has 20 N–H and O–H groups in total. The van der Waals surface area contributed by atoms with Crippen molar-refractivity contribution in [1.82, 2.24) is 42.1 Å². The molecule has 79 heavy (non-hydrogen) atoms. The smallest absolute Gasteiger partial charge is 0.328 e. The van der Waals surface area contributed by atoms with Crippen molar-refractivity contribution < 1.29 is 68.1 Å². The Hall–Kier alpha value is -8.24. The maximum Gasteiger partial charge on any atom is 0.328 e. The van der Waals surface area contributed by atoms with Crippen molar-refractivity contribution in [2.24, 2.45) is 39.6 Å². The number of nitrogens with two attached hydrogens (primary N) is 5. The van der Waals surface area contributed by atoms with E-state index in [9.17, 15) is 68.1 Å². The third-order valence-electron chi connectivity index (χ3n) is 12.7. The fourth-order valence-electron chi connectivity index (χ4n) is 8.32. The minimum Gasteiger partial charge on any atom is -0.480 e. The molecular weight excluding hydrogens is 1030 g/mol. The maximum atomic E-state index is 14.4. The predicted molar refractivity (Wildman–Crippen MR) is 285 cm³/mol. The van der Waals surface area contributed by atoms with E-state index in [0.29, 0.717) is 17.5 Å². The molecule has 0 aliphatic carbocycles. The number of aliphatic imine (C=N–C) groups is 1. The Balaban J connectivity index is 1.87. The van der Waals surface area contributed by atoms with Crippen molar-refractivity contribution in [3.8, 4) is 0 Å². The highest BCUT2D eigenvalue weighted by Gasteiger charge is 2.41. The number of rotatable bonds is 33. The highest BCUT2D eigenvalue weighted by molar-refractivity contribution is 5.98. The number of amides is 10. The van der Waals surface area contributed by atoms with E-state index in [1.165, 1.54) is 11.8 Å². The second-order valence-electron chi connectivity index (χ2n) is 19.4. The van der Waals surface area contributed by atoms with Crippen LogP contribution in [0.5, 0.6) is 0 Å². The molecule has 0 saturated carbocycles. The number of carboxylic acids is 1. The van der Waals surface area contributed by atoms with Crippen LogP contribution in [0.25, 0.3) is 0 Å². The van der Waals surface area contributed by atoms with Crippen molar-refractivity contribution >= 4 is 71.0 Å². The second kappa shape index (κ2) is 32.5. The van der Waals surface area contributed by atoms with Gasteiger partial charge in [-0.15, -0.1) is 0 Å². The summed E-state index contributed by atoms with van der Waals surface area (Å²) in [6, 6.07) is 3.79. The van der Waals surface area contributed by atoms with E-state index >= 15 is 0 Å². The van der Waals surface area contributed by atoms with E-state index in [4.69, 9.17) is 28.7 Å². The monoisotopic (exact) mass is 1110 g/mol. The molecule has 0 aromatic heterocycles. The van der Waals surface area contributed by atoms with E-state index in [0.717, 1.165) is 0 Å². The lowest BCUT2D eigenvalue weighted by Gasteiger charge is -2.32. The number of hydrogen-bond acceptors (Lipinski definition) is 15. The quantitative estimate of drug-likeness (QED) is 0.0181. The number of aliphatic carboxylic acids is 1. The van der Waals surface area contributed by atoms with Crippen LogP contribution in [0.3, 0.4) is 0 Å². The Morgan fingerprint density at radius 1 is 0.608 bits per heavy atom. The van der Waals surface area contributed by atoms with Crippen LogP contribution in [0, 0.1) is 5.92 Å². The number of carboxylic acid groups (broad SMARTS) is 1. The lowest BCUT2D eigenvalue weighted by molar-refractivity contribution is -0.146. The van der Waals surface area contributed by atoms with Gasteiger partial charge >= 0.3 is 5.97 Å². The van der Waals surface area contributed by atoms with Crippen LogP contribution in [0.4, 0.5) is 0 Å². The zero-order valence-electron chi connectivity index (χ0n) is 44.4. The van der Waals surface area contributed by atoms with Crippen LogP contribution in [0.15, 0.2) is 65.7 Å². The molecule has 1 saturated heterocycles. The first kappa shape index (κ1) is 65.0. The number of aliphatic hydroxyl groups is 2. The predicted octanol–water partition coefficient (Wildman–Crippen LogP) is -5.12. The standard InChI is InChI=1S/C51H76N14O14/c1-27(2)40(49(77)65-23-11-17-37(65)48(76)61-35(25-30-14-8-5-9-15-30)46(74)64-41(28(3)67)50(78)79)63-47(75)36(26-66)62-45(73)34(24-29-12-6-4-7-13-29)60-43(71)32(16-10-22-57-51(55)56)59-44(72)33(19-21-39(54)69)58-42(70)31(52)18-20-38(53)68/h4-9,12-15,27-28,31-37,40-41,66-67H,10-11,16-26,52H2,1-3H3,(H2,53,68)(H2,54,69)(H,58,70)(H,59,72)(H,60,71)(H,61,76)(H,62,73)(H,63,75)(H,64,74)(H,78,79)(H4,55,56,57)/t28-,31+,32+,33+,34+,35+,36+,37+,40+,41+/m1/s1. The number of carbonyl (C=O) groups is 11. The molecule has 1 aliphatic heterocycles. The van der Waals surface area contributed by atoms with Gasteiger partial charge in [0, 0.05) is 38.8 Å². The third kappa shape index (κ3) is 22.0. The molecular formula is C51H76N14O14. The first-order chi connectivity index (χ1) is 37.3. The van der Waals surface area contributed by atoms with Crippen LogP contribution in [-0.2, 0) is 65.6 Å². The zero-order chi connectivity index (χ0) is 58.9. The highest BCUT2D eigenvalue weighted by atomic mass is 16.4. The molecule has 28 heteroatoms. The summed E-state index contributed by atoms with van der Waals surface area (Å²) in [4.78, 5) is 151. The Labute approximate surface area is 456 Å². The van der Waals surface area contributed by atoms with Crippen LogP contribution < -0.4 is 65.9 Å². The Bertz CT molecular complexity index is 2460. The lowest BCUT2D eigenvalue weighted by atomic mass is 10.0. The van der Waals surface area contributed by atoms with Gasteiger partial charge in [0.1, 0.15) is 42.3 Å². The first-order valence-corrected chi connectivity index (χ1v) is 25.7. The fraction of sp³-hybridized carbons (Fsp3) is 0.529. The molecule has 2 aromatic rings. The number of carbonyl (C=O) groups excluding carboxylic acids is 10. The Morgan fingerprint density at radius 3 is 1.57 bits per heavy atom. The summed E-state index contributed by atoms with van der Waals surface area (Å²) >= 11 is 0. The summed E-state index contributed by atoms with van der Waals surface area (Å²) in [5.41, 5.74) is 28.5. The van der Waals surface area contributed by atoms with Crippen LogP contribution in [-0.4, -0.2) is 171 Å². The van der Waals surface area contributed by atoms with Gasteiger partial charge in [-0.1, -0.05) is 74.5 Å². The lowest BCUT2D eigenvalue weighted by Crippen LogP contribution is -2.62. The number of nitrogens with one attached hydrogen (secondary N) is 7. The molecule has 1 fully saturated rings. The summed E-state index contributed by atoms with van der Waals surface area (Å²) < 4.78 is 0. The Kier molecular flexibility index (Phi) is 26.7. The molecule has 3 rings (SSSR count). The number of hydrogen-bond donors (Lipinski definition) is 15. The third-order valence-corrected chi connectivity index (χ3v) is 12.7. The van der Waals surface area contributed by atoms with Crippen molar-refractivity contribution in [2.45, 2.75) is 145 Å². The molecule has 0 spiro atoms. The highest BCUT2D eigenvalue weighted by Crippen LogP contribution is 2.21. The van der Waals surface area contributed by atoms with Gasteiger partial charge in [-0.2, -0.15) is 0 Å². The molecule has 10 amide bonds. The first-order valence-electron chi connectivity index (χ1n) is 25.7. The van der Waals surface area contributed by atoms with Gasteiger partial charge in [-0.05, 0) is 62.5 Å². The SMILES string of the molecule is CC(C)[C@H](NC(=O)[C@H](CO)NC(=O)[C@H](Cc1ccccc1)NC(=O)[C@H](CCCN=C(N)N)NC(=O)[C@H](CCC(N)=O)NC(=O)[C@@H](N)CCC(N)=O)C(=O)N1CCC[C@H]1C(=O)N[C@@H](Cc1ccccc1)C(=O)N[C@H](C(=O)O)[C@@H](C)O. The van der Waals surface area contributed by atoms with E-state index in [1.807, 2.05) is 0 Å². The van der Waals surface area contributed by atoms with Gasteiger partial charge < -0.3 is 86.1 Å². The molecule has 0 unspecified atom stereocenters. The molecule has 434 valence electrons. The number of guanidine groups is 1. The molecule has 1 heterocycles. The molecule has 10 atom stereocenters. The average molecular weight is 1110 g/mol. The van der Waals surface area contributed by atoms with Gasteiger partial charge in [-0.3, -0.25) is 52.9 Å². The van der Waals surface area contributed by atoms with Gasteiger partial charge in [0.25, 0.3) is 0 Å². The van der Waals surface area contributed by atoms with Crippen molar-refractivity contribution in [3.05, 3.63) is 71.8 Å². The fourth-order valence-corrected chi connectivity index (χ4v) is 8.32. The van der Waals surface area contributed by atoms with Crippen molar-refractivity contribution in [2.75, 3.05) is 19.7 Å². The van der Waals surface area contributed by atoms with Crippen molar-refractivity contribution in [1.29, 1.82) is 0 Å². The normalized spacial score (nSPS) is 16.4. The topological polar surface area (TPSA) is 478 Å². The minimum atomic E-state index is -1.73. The number of likely N-dealkylation sites (tertiary alicyclic amines) is 1. The van der Waals surface area contributed by atoms with Gasteiger partial charge in [0.05, 0.1) is 18.8 Å². The van der Waals surface area contributed by atoms with Crippen molar-refractivity contribution in [3.63, 3.8) is 0 Å². The zero-order valence-corrected chi connectivity index (χ0v) is 44.4. The van der Waals surface area contributed by atoms with Crippen LogP contribution in [0.1, 0.15) is 83.3 Å². The molecule has 2 aromatic carbocycles. The largest absolute Gasteiger partial charge is 0.480 e. The molecule has 28 nitrogen and oxygen atoms in total. The van der Waals surface area contributed by atoms with Crippen LogP contribution in [0.2, 0.25) is 0 Å². The van der Waals surface area contributed by atoms with Gasteiger partial charge in [0.2, 0.25) is 59.1 Å². The Morgan fingerprint density at radius 2 is 1.06 bits per heavy atom. The van der Waals surface area contributed by atoms with Crippen LogP contribution >= 0.6 is 0 Å². The summed E-state index contributed by atoms with van der Waals surface area (Å²) in [6.07, 6.45) is -2.51. The number of benzene rings is 2. The summed E-state index contributed by atoms with van der Waals surface area (Å²) in [6.45, 7) is 3.43.